The van der Waals surface area contributed by atoms with Gasteiger partial charge in [0.1, 0.15) is 6.07 Å². The highest BCUT2D eigenvalue weighted by atomic mass is 35.5. The van der Waals surface area contributed by atoms with Crippen molar-refractivity contribution in [2.45, 2.75) is 32.1 Å². The molecule has 1 fully saturated rings. The number of ether oxygens (including phenoxy) is 1. The van der Waals surface area contributed by atoms with Crippen LogP contribution in [0, 0.1) is 11.3 Å². The number of anilines is 1. The lowest BCUT2D eigenvalue weighted by Gasteiger charge is -2.32. The van der Waals surface area contributed by atoms with Crippen LogP contribution in [0.2, 0.25) is 5.02 Å². The van der Waals surface area contributed by atoms with Gasteiger partial charge in [-0.05, 0) is 43.2 Å². The van der Waals surface area contributed by atoms with Gasteiger partial charge in [-0.15, -0.1) is 0 Å². The number of carbonyl (C=O) groups excluding carboxylic acids is 1. The number of benzene rings is 2. The maximum atomic E-state index is 13.5. The number of hydrogen-bond acceptors (Lipinski definition) is 4. The molecule has 1 atom stereocenters. The molecule has 3 rings (SSSR count). The van der Waals surface area contributed by atoms with Crippen LogP contribution in [-0.4, -0.2) is 36.7 Å². The van der Waals surface area contributed by atoms with Gasteiger partial charge in [0.25, 0.3) is 0 Å². The summed E-state index contributed by atoms with van der Waals surface area (Å²) in [6.45, 7) is 2.67. The third-order valence-electron chi connectivity index (χ3n) is 5.20. The third-order valence-corrected chi connectivity index (χ3v) is 5.51. The van der Waals surface area contributed by atoms with E-state index >= 15 is 0 Å². The topological polar surface area (TPSA) is 56.6 Å². The van der Waals surface area contributed by atoms with Crippen molar-refractivity contribution in [2.75, 3.05) is 24.6 Å². The molecular weight excluding hydrogens is 431 g/mol. The summed E-state index contributed by atoms with van der Waals surface area (Å²) in [6, 6.07) is 11.9. The van der Waals surface area contributed by atoms with E-state index in [0.717, 1.165) is 6.07 Å². The molecule has 2 aromatic carbocycles. The lowest BCUT2D eigenvalue weighted by atomic mass is 10.0. The van der Waals surface area contributed by atoms with E-state index in [4.69, 9.17) is 21.6 Å². The van der Waals surface area contributed by atoms with Gasteiger partial charge >= 0.3 is 12.3 Å². The second kappa shape index (κ2) is 9.48. The second-order valence-corrected chi connectivity index (χ2v) is 7.55. The number of halogens is 4. The van der Waals surface area contributed by atoms with E-state index in [0.29, 0.717) is 25.2 Å². The zero-order valence-electron chi connectivity index (χ0n) is 16.8. The van der Waals surface area contributed by atoms with Crippen LogP contribution in [0.15, 0.2) is 42.5 Å². The Kier molecular flexibility index (Phi) is 6.96. The Hall–Kier alpha value is -2.92. The van der Waals surface area contributed by atoms with Gasteiger partial charge in [-0.3, -0.25) is 0 Å². The van der Waals surface area contributed by atoms with Gasteiger partial charge in [-0.25, -0.2) is 4.79 Å². The molecule has 2 aromatic rings. The molecule has 0 aromatic heterocycles. The summed E-state index contributed by atoms with van der Waals surface area (Å²) in [5, 5.41) is 9.35. The first-order chi connectivity index (χ1) is 14.7. The number of likely N-dealkylation sites (tertiary alicyclic amines) is 1. The van der Waals surface area contributed by atoms with Crippen LogP contribution in [0.3, 0.4) is 0 Å². The van der Waals surface area contributed by atoms with Crippen LogP contribution < -0.4 is 4.90 Å². The van der Waals surface area contributed by atoms with Crippen molar-refractivity contribution in [3.8, 4) is 6.07 Å². The first kappa shape index (κ1) is 22.8. The quantitative estimate of drug-likeness (QED) is 0.605. The van der Waals surface area contributed by atoms with Crippen molar-refractivity contribution in [1.29, 1.82) is 5.26 Å². The van der Waals surface area contributed by atoms with Gasteiger partial charge in [-0.2, -0.15) is 18.4 Å². The monoisotopic (exact) mass is 451 g/mol. The minimum atomic E-state index is -4.49. The molecule has 9 heteroatoms. The van der Waals surface area contributed by atoms with Crippen LogP contribution in [0.1, 0.15) is 30.0 Å². The Morgan fingerprint density at radius 2 is 2.06 bits per heavy atom. The first-order valence-corrected chi connectivity index (χ1v) is 10.2. The van der Waals surface area contributed by atoms with Crippen molar-refractivity contribution >= 4 is 23.4 Å². The summed E-state index contributed by atoms with van der Waals surface area (Å²) in [6.07, 6.45) is -4.37. The molecule has 31 heavy (non-hydrogen) atoms. The van der Waals surface area contributed by atoms with E-state index in [9.17, 15) is 18.0 Å². The Labute approximate surface area is 183 Å². The fourth-order valence-electron chi connectivity index (χ4n) is 3.70. The predicted molar refractivity (Wildman–Crippen MR) is 111 cm³/mol. The molecule has 0 aliphatic carbocycles. The summed E-state index contributed by atoms with van der Waals surface area (Å²) in [7, 11) is 0. The van der Waals surface area contributed by atoms with Gasteiger partial charge in [0.15, 0.2) is 0 Å². The van der Waals surface area contributed by atoms with Crippen molar-refractivity contribution in [2.24, 2.45) is 0 Å². The number of hydrogen-bond donors (Lipinski definition) is 0. The highest BCUT2D eigenvalue weighted by Gasteiger charge is 2.36. The van der Waals surface area contributed by atoms with Gasteiger partial charge in [0.2, 0.25) is 0 Å². The fraction of sp³-hybridized carbons (Fsp3) is 0.364. The Morgan fingerprint density at radius 1 is 1.32 bits per heavy atom. The molecule has 0 saturated carbocycles. The van der Waals surface area contributed by atoms with Crippen molar-refractivity contribution in [3.05, 3.63) is 64.2 Å². The Bertz CT molecular complexity index is 991. The van der Waals surface area contributed by atoms with Crippen LogP contribution in [-0.2, 0) is 17.5 Å². The molecule has 164 valence electrons. The lowest BCUT2D eigenvalue weighted by Crippen LogP contribution is -2.39. The highest BCUT2D eigenvalue weighted by molar-refractivity contribution is 6.32. The summed E-state index contributed by atoms with van der Waals surface area (Å²) >= 11 is 6.19. The number of amides is 1. The minimum absolute atomic E-state index is 0.0285. The smallest absolute Gasteiger partial charge is 0.416 e. The lowest BCUT2D eigenvalue weighted by molar-refractivity contribution is -0.138. The Morgan fingerprint density at radius 3 is 2.71 bits per heavy atom. The number of nitrogens with zero attached hydrogens (tertiary/aromatic N) is 3. The van der Waals surface area contributed by atoms with Crippen LogP contribution in [0.4, 0.5) is 23.7 Å². The fourth-order valence-corrected chi connectivity index (χ4v) is 3.92. The molecule has 1 heterocycles. The molecule has 0 N–H and O–H groups in total. The second-order valence-electron chi connectivity index (χ2n) is 7.15. The average molecular weight is 452 g/mol. The molecule has 0 radical (unpaired) electrons. The molecule has 5 nitrogen and oxygen atoms in total. The normalized spacial score (nSPS) is 16.1. The van der Waals surface area contributed by atoms with E-state index in [1.807, 2.05) is 6.07 Å². The number of nitriles is 1. The number of carbonyl (C=O) groups is 1. The predicted octanol–water partition coefficient (Wildman–Crippen LogP) is 5.47. The van der Waals surface area contributed by atoms with Crippen molar-refractivity contribution in [3.63, 3.8) is 0 Å². The van der Waals surface area contributed by atoms with Crippen molar-refractivity contribution in [1.82, 2.24) is 4.90 Å². The third kappa shape index (κ3) is 5.23. The SMILES string of the molecule is CCOC(=O)N1CCC(N(Cc2ccccc2C(F)(F)F)c2ccc(C#N)c(Cl)c2)C1. The molecule has 0 spiro atoms. The standard InChI is InChI=1S/C22H21ClF3N3O2/c1-2-31-21(30)28-10-9-18(14-28)29(17-8-7-15(12-27)20(23)11-17)13-16-5-3-4-6-19(16)22(24,25)26/h3-8,11,18H,2,9-10,13-14H2,1H3. The highest BCUT2D eigenvalue weighted by Crippen LogP contribution is 2.35. The van der Waals surface area contributed by atoms with E-state index in [-0.39, 0.29) is 35.3 Å². The van der Waals surface area contributed by atoms with E-state index in [1.165, 1.54) is 12.1 Å². The summed E-state index contributed by atoms with van der Waals surface area (Å²) < 4.78 is 45.7. The molecule has 1 saturated heterocycles. The maximum Gasteiger partial charge on any atom is 0.416 e. The largest absolute Gasteiger partial charge is 0.450 e. The van der Waals surface area contributed by atoms with E-state index in [2.05, 4.69) is 0 Å². The summed E-state index contributed by atoms with van der Waals surface area (Å²) in [4.78, 5) is 15.5. The van der Waals surface area contributed by atoms with Crippen LogP contribution >= 0.6 is 11.6 Å². The summed E-state index contributed by atoms with van der Waals surface area (Å²) in [5.41, 5.74) is 0.266. The molecule has 0 bridgehead atoms. The van der Waals surface area contributed by atoms with Crippen molar-refractivity contribution < 1.29 is 22.7 Å². The van der Waals surface area contributed by atoms with E-state index < -0.39 is 17.8 Å². The zero-order valence-corrected chi connectivity index (χ0v) is 17.6. The minimum Gasteiger partial charge on any atom is -0.450 e. The van der Waals surface area contributed by atoms with Crippen LogP contribution in [0.5, 0.6) is 0 Å². The van der Waals surface area contributed by atoms with E-state index in [1.54, 1.807) is 41.0 Å². The molecule has 1 amide bonds. The molecular formula is C22H21ClF3N3O2. The first-order valence-electron chi connectivity index (χ1n) is 9.77. The number of alkyl halides is 3. The molecule has 1 aliphatic heterocycles. The Balaban J connectivity index is 1.96. The molecule has 1 aliphatic rings. The maximum absolute atomic E-state index is 13.5. The van der Waals surface area contributed by atoms with Gasteiger partial charge < -0.3 is 14.5 Å². The molecule has 1 unspecified atom stereocenters. The number of rotatable bonds is 5. The summed E-state index contributed by atoms with van der Waals surface area (Å²) in [5.74, 6) is 0. The van der Waals surface area contributed by atoms with Gasteiger partial charge in [0.05, 0.1) is 22.8 Å². The van der Waals surface area contributed by atoms with Gasteiger partial charge in [-0.1, -0.05) is 29.8 Å². The van der Waals surface area contributed by atoms with Gasteiger partial charge in [0, 0.05) is 31.4 Å². The average Bonchev–Trinajstić information content (AvgIpc) is 3.22. The zero-order chi connectivity index (χ0) is 22.6. The van der Waals surface area contributed by atoms with Crippen LogP contribution in [0.25, 0.3) is 0 Å².